The van der Waals surface area contributed by atoms with Gasteiger partial charge >= 0.3 is 0 Å². The largest absolute Gasteiger partial charge is 0.367 e. The van der Waals surface area contributed by atoms with Gasteiger partial charge in [-0.3, -0.25) is 9.20 Å². The van der Waals surface area contributed by atoms with Gasteiger partial charge in [-0.2, -0.15) is 0 Å². The van der Waals surface area contributed by atoms with Crippen LogP contribution in [0.5, 0.6) is 0 Å². The normalized spacial score (nSPS) is 14.9. The van der Waals surface area contributed by atoms with Crippen LogP contribution >= 0.6 is 0 Å². The van der Waals surface area contributed by atoms with Crippen molar-refractivity contribution in [2.45, 2.75) is 45.6 Å². The maximum absolute atomic E-state index is 13.0. The Labute approximate surface area is 163 Å². The smallest absolute Gasteiger partial charge is 0.258 e. The van der Waals surface area contributed by atoms with E-state index in [2.05, 4.69) is 27.7 Å². The zero-order chi connectivity index (χ0) is 19.3. The van der Waals surface area contributed by atoms with E-state index >= 15 is 0 Å². The third-order valence-electron chi connectivity index (χ3n) is 5.88. The fourth-order valence-corrected chi connectivity index (χ4v) is 4.35. The summed E-state index contributed by atoms with van der Waals surface area (Å²) >= 11 is 0. The summed E-state index contributed by atoms with van der Waals surface area (Å²) in [5, 5.41) is 4.72. The molecule has 5 rings (SSSR count). The number of H-pyrrole nitrogens is 1. The molecule has 1 aliphatic carbocycles. The molecule has 28 heavy (non-hydrogen) atoms. The van der Waals surface area contributed by atoms with Gasteiger partial charge < -0.3 is 10.3 Å². The van der Waals surface area contributed by atoms with Crippen LogP contribution in [0.15, 0.2) is 47.4 Å². The van der Waals surface area contributed by atoms with Crippen molar-refractivity contribution in [1.82, 2.24) is 14.4 Å². The van der Waals surface area contributed by atoms with Crippen LogP contribution in [0.2, 0.25) is 0 Å². The summed E-state index contributed by atoms with van der Waals surface area (Å²) in [5.41, 5.74) is 5.18. The molecule has 142 valence electrons. The maximum Gasteiger partial charge on any atom is 0.258 e. The predicted octanol–water partition coefficient (Wildman–Crippen LogP) is 4.81. The second kappa shape index (κ2) is 6.51. The first-order valence-corrected chi connectivity index (χ1v) is 9.99. The van der Waals surface area contributed by atoms with Gasteiger partial charge in [-0.05, 0) is 55.3 Å². The highest BCUT2D eigenvalue weighted by Gasteiger charge is 2.22. The molecule has 1 aliphatic rings. The Hall–Kier alpha value is -3.08. The minimum absolute atomic E-state index is 0.0997. The molecule has 0 spiro atoms. The van der Waals surface area contributed by atoms with E-state index in [1.54, 1.807) is 0 Å². The van der Waals surface area contributed by atoms with Gasteiger partial charge in [0.1, 0.15) is 17.2 Å². The molecule has 1 fully saturated rings. The fourth-order valence-electron chi connectivity index (χ4n) is 4.35. The summed E-state index contributed by atoms with van der Waals surface area (Å²) in [5.74, 6) is 0.920. The summed E-state index contributed by atoms with van der Waals surface area (Å²) in [6, 6.07) is 12.6. The van der Waals surface area contributed by atoms with E-state index in [9.17, 15) is 4.79 Å². The van der Waals surface area contributed by atoms with Gasteiger partial charge in [0.25, 0.3) is 5.56 Å². The quantitative estimate of drug-likeness (QED) is 0.542. The summed E-state index contributed by atoms with van der Waals surface area (Å²) in [4.78, 5) is 21.0. The topological polar surface area (TPSA) is 62.2 Å². The van der Waals surface area contributed by atoms with E-state index < -0.39 is 0 Å². The van der Waals surface area contributed by atoms with E-state index in [0.29, 0.717) is 11.6 Å². The molecule has 0 bridgehead atoms. The number of imidazole rings is 1. The third-order valence-corrected chi connectivity index (χ3v) is 5.88. The van der Waals surface area contributed by atoms with E-state index in [1.165, 1.54) is 12.8 Å². The number of anilines is 1. The van der Waals surface area contributed by atoms with Gasteiger partial charge in [0.05, 0.1) is 11.1 Å². The molecule has 2 N–H and O–H groups in total. The van der Waals surface area contributed by atoms with E-state index in [1.807, 2.05) is 43.5 Å². The fraction of sp³-hybridized carbons (Fsp3) is 0.304. The van der Waals surface area contributed by atoms with Crippen molar-refractivity contribution in [2.24, 2.45) is 0 Å². The first-order chi connectivity index (χ1) is 13.6. The van der Waals surface area contributed by atoms with Crippen molar-refractivity contribution in [1.29, 1.82) is 0 Å². The Morgan fingerprint density at radius 3 is 2.71 bits per heavy atom. The Morgan fingerprint density at radius 1 is 1.11 bits per heavy atom. The van der Waals surface area contributed by atoms with Crippen LogP contribution in [0, 0.1) is 13.8 Å². The van der Waals surface area contributed by atoms with Gasteiger partial charge in [0, 0.05) is 12.2 Å². The van der Waals surface area contributed by atoms with Crippen LogP contribution in [0.4, 0.5) is 5.82 Å². The lowest BCUT2D eigenvalue weighted by atomic mass is 10.1. The summed E-state index contributed by atoms with van der Waals surface area (Å²) in [6.07, 6.45) is 6.84. The average molecular weight is 372 g/mol. The Bertz CT molecular complexity index is 1240. The number of aromatic amines is 1. The summed E-state index contributed by atoms with van der Waals surface area (Å²) in [6.45, 7) is 4.07. The van der Waals surface area contributed by atoms with Crippen LogP contribution in [0.25, 0.3) is 27.8 Å². The zero-order valence-corrected chi connectivity index (χ0v) is 16.2. The zero-order valence-electron chi connectivity index (χ0n) is 16.2. The van der Waals surface area contributed by atoms with Gasteiger partial charge in [0.15, 0.2) is 0 Å². The number of aryl methyl sites for hydroxylation is 2. The highest BCUT2D eigenvalue weighted by atomic mass is 16.1. The molecule has 0 amide bonds. The maximum atomic E-state index is 13.0. The Kier molecular flexibility index (Phi) is 3.97. The number of hydrogen-bond donors (Lipinski definition) is 2. The first kappa shape index (κ1) is 17.0. The van der Waals surface area contributed by atoms with Gasteiger partial charge in [-0.15, -0.1) is 0 Å². The number of rotatable bonds is 3. The molecule has 0 radical (unpaired) electrons. The summed E-state index contributed by atoms with van der Waals surface area (Å²) in [7, 11) is 0. The third kappa shape index (κ3) is 2.70. The lowest BCUT2D eigenvalue weighted by molar-refractivity contribution is 0.749. The van der Waals surface area contributed by atoms with Crippen LogP contribution in [-0.4, -0.2) is 20.4 Å². The highest BCUT2D eigenvalue weighted by molar-refractivity contribution is 5.88. The number of nitrogens with zero attached hydrogens (tertiary/aromatic N) is 2. The molecular weight excluding hydrogens is 348 g/mol. The van der Waals surface area contributed by atoms with E-state index in [4.69, 9.17) is 4.98 Å². The molecule has 0 aliphatic heterocycles. The van der Waals surface area contributed by atoms with Gasteiger partial charge in [0.2, 0.25) is 0 Å². The van der Waals surface area contributed by atoms with Crippen molar-refractivity contribution in [3.63, 3.8) is 0 Å². The number of pyridine rings is 2. The summed E-state index contributed by atoms with van der Waals surface area (Å²) < 4.78 is 2.09. The molecule has 3 heterocycles. The monoisotopic (exact) mass is 372 g/mol. The lowest BCUT2D eigenvalue weighted by Gasteiger charge is -2.15. The standard InChI is InChI=1S/C23H24N4O/c1-14-7-5-9-16-13-18(23(28)26-19(14)16)20-22(24-17-10-3-4-11-17)27-12-6-8-15(2)21(27)25-20/h5-9,12-13,17,24H,3-4,10-11H2,1-2H3,(H,26,28). The molecular formula is C23H24N4O. The number of fused-ring (bicyclic) bond motifs is 2. The van der Waals surface area contributed by atoms with E-state index in [0.717, 1.165) is 52.0 Å². The van der Waals surface area contributed by atoms with Crippen LogP contribution in [0.3, 0.4) is 0 Å². The molecule has 5 nitrogen and oxygen atoms in total. The predicted molar refractivity (Wildman–Crippen MR) is 114 cm³/mol. The number of para-hydroxylation sites is 1. The van der Waals surface area contributed by atoms with Crippen molar-refractivity contribution in [3.05, 3.63) is 64.1 Å². The minimum atomic E-state index is -0.0997. The molecule has 5 heteroatoms. The second-order valence-corrected chi connectivity index (χ2v) is 7.87. The lowest BCUT2D eigenvalue weighted by Crippen LogP contribution is -2.17. The number of benzene rings is 1. The van der Waals surface area contributed by atoms with Crippen molar-refractivity contribution < 1.29 is 0 Å². The van der Waals surface area contributed by atoms with Crippen LogP contribution in [-0.2, 0) is 0 Å². The van der Waals surface area contributed by atoms with Crippen molar-refractivity contribution in [2.75, 3.05) is 5.32 Å². The molecule has 3 aromatic heterocycles. The molecule has 1 aromatic carbocycles. The van der Waals surface area contributed by atoms with Gasteiger partial charge in [-0.25, -0.2) is 4.98 Å². The SMILES string of the molecule is Cc1cccc2cc(-c3nc4c(C)cccn4c3NC3CCCC3)c(=O)[nH]c12. The molecule has 1 saturated carbocycles. The number of nitrogens with one attached hydrogen (secondary N) is 2. The number of aromatic nitrogens is 3. The second-order valence-electron chi connectivity index (χ2n) is 7.87. The van der Waals surface area contributed by atoms with Crippen molar-refractivity contribution in [3.8, 4) is 11.3 Å². The molecule has 0 atom stereocenters. The number of hydrogen-bond acceptors (Lipinski definition) is 3. The van der Waals surface area contributed by atoms with Crippen LogP contribution in [0.1, 0.15) is 36.8 Å². The first-order valence-electron chi connectivity index (χ1n) is 9.99. The van der Waals surface area contributed by atoms with Crippen LogP contribution < -0.4 is 10.9 Å². The van der Waals surface area contributed by atoms with Crippen molar-refractivity contribution >= 4 is 22.4 Å². The van der Waals surface area contributed by atoms with E-state index in [-0.39, 0.29) is 5.56 Å². The minimum Gasteiger partial charge on any atom is -0.367 e. The Balaban J connectivity index is 1.76. The highest BCUT2D eigenvalue weighted by Crippen LogP contribution is 2.32. The molecule has 0 unspecified atom stereocenters. The van der Waals surface area contributed by atoms with Gasteiger partial charge in [-0.1, -0.05) is 37.1 Å². The molecule has 4 aromatic rings. The molecule has 0 saturated heterocycles. The average Bonchev–Trinajstić information content (AvgIpc) is 3.32. The Morgan fingerprint density at radius 2 is 1.89 bits per heavy atom.